The lowest BCUT2D eigenvalue weighted by atomic mass is 9.92. The van der Waals surface area contributed by atoms with Crippen molar-refractivity contribution in [3.05, 3.63) is 53.6 Å². The van der Waals surface area contributed by atoms with Gasteiger partial charge in [-0.2, -0.15) is 0 Å². The highest BCUT2D eigenvalue weighted by Gasteiger charge is 2.18. The number of hydrogen-bond donors (Lipinski definition) is 0. The Hall–Kier alpha value is -2.63. The van der Waals surface area contributed by atoms with Crippen molar-refractivity contribution < 1.29 is 0 Å². The Labute approximate surface area is 201 Å². The van der Waals surface area contributed by atoms with Crippen LogP contribution in [0.2, 0.25) is 5.02 Å². The number of hydrogen-bond acceptors (Lipinski definition) is 4. The third-order valence-corrected chi connectivity index (χ3v) is 6.96. The van der Waals surface area contributed by atoms with Gasteiger partial charge in [0, 0.05) is 100.0 Å². The summed E-state index contributed by atoms with van der Waals surface area (Å²) < 4.78 is 0. The zero-order chi connectivity index (χ0) is 23.7. The summed E-state index contributed by atoms with van der Waals surface area (Å²) in [5.74, 6) is 0. The minimum atomic E-state index is 0.780. The van der Waals surface area contributed by atoms with E-state index in [0.29, 0.717) is 0 Å². The SMILES string of the molecule is CN(C)c1cc(-c2c([SiH3])ccc(Cl)c2-c2cc(N(C)C)cc(N(C)C)c2)cc(N(C)C)c1. The van der Waals surface area contributed by atoms with E-state index in [1.54, 1.807) is 0 Å². The summed E-state index contributed by atoms with van der Waals surface area (Å²) in [4.78, 5) is 8.60. The molecule has 170 valence electrons. The largest absolute Gasteiger partial charge is 0.378 e. The first-order chi connectivity index (χ1) is 15.0. The quantitative estimate of drug-likeness (QED) is 0.510. The summed E-state index contributed by atoms with van der Waals surface area (Å²) in [6, 6.07) is 17.7. The Morgan fingerprint density at radius 2 is 0.875 bits per heavy atom. The van der Waals surface area contributed by atoms with E-state index in [1.807, 2.05) is 6.07 Å². The second-order valence-corrected chi connectivity index (χ2v) is 10.7. The molecule has 0 bridgehead atoms. The molecule has 0 N–H and O–H groups in total. The molecular formula is C26H35ClN4Si. The molecule has 3 rings (SSSR count). The fraction of sp³-hybridized carbons (Fsp3) is 0.308. The van der Waals surface area contributed by atoms with Crippen LogP contribution in [0.5, 0.6) is 0 Å². The lowest BCUT2D eigenvalue weighted by Crippen LogP contribution is -2.15. The van der Waals surface area contributed by atoms with Crippen LogP contribution in [0.3, 0.4) is 0 Å². The van der Waals surface area contributed by atoms with Crippen LogP contribution in [-0.2, 0) is 0 Å². The van der Waals surface area contributed by atoms with Gasteiger partial charge >= 0.3 is 0 Å². The minimum absolute atomic E-state index is 0.780. The highest BCUT2D eigenvalue weighted by atomic mass is 35.5. The Morgan fingerprint density at radius 3 is 1.22 bits per heavy atom. The maximum atomic E-state index is 6.92. The number of halogens is 1. The van der Waals surface area contributed by atoms with E-state index in [4.69, 9.17) is 11.6 Å². The molecule has 6 heteroatoms. The number of rotatable bonds is 6. The molecule has 0 atom stereocenters. The predicted molar refractivity (Wildman–Crippen MR) is 149 cm³/mol. The highest BCUT2D eigenvalue weighted by molar-refractivity contribution is 6.40. The second-order valence-electron chi connectivity index (χ2n) is 9.17. The van der Waals surface area contributed by atoms with Gasteiger partial charge in [0.2, 0.25) is 0 Å². The minimum Gasteiger partial charge on any atom is -0.378 e. The Morgan fingerprint density at radius 1 is 0.531 bits per heavy atom. The van der Waals surface area contributed by atoms with Crippen LogP contribution in [0.1, 0.15) is 0 Å². The van der Waals surface area contributed by atoms with E-state index in [-0.39, 0.29) is 0 Å². The van der Waals surface area contributed by atoms with Gasteiger partial charge in [-0.3, -0.25) is 0 Å². The first-order valence-corrected chi connectivity index (χ1v) is 12.2. The molecule has 3 aromatic rings. The van der Waals surface area contributed by atoms with E-state index in [1.165, 1.54) is 27.7 Å². The van der Waals surface area contributed by atoms with Crippen LogP contribution in [0.25, 0.3) is 22.3 Å². The van der Waals surface area contributed by atoms with Crippen molar-refractivity contribution >= 4 is 49.8 Å². The third-order valence-electron chi connectivity index (χ3n) is 5.81. The van der Waals surface area contributed by atoms with E-state index < -0.39 is 0 Å². The van der Waals surface area contributed by atoms with Crippen LogP contribution in [-0.4, -0.2) is 66.6 Å². The van der Waals surface area contributed by atoms with Crippen LogP contribution < -0.4 is 24.8 Å². The molecule has 0 radical (unpaired) electrons. The van der Waals surface area contributed by atoms with Gasteiger partial charge in [0.1, 0.15) is 0 Å². The standard InChI is InChI=1S/C26H35ClN4Si/c1-28(2)19-11-17(12-20(15-19)29(3)4)25-23(27)9-10-24(32)26(25)18-13-21(30(5)6)16-22(14-18)31(7)8/h9-16H,1-8,32H3. The van der Waals surface area contributed by atoms with Gasteiger partial charge in [0.25, 0.3) is 0 Å². The van der Waals surface area contributed by atoms with Crippen LogP contribution in [0, 0.1) is 0 Å². The van der Waals surface area contributed by atoms with Crippen molar-refractivity contribution in [2.75, 3.05) is 76.0 Å². The summed E-state index contributed by atoms with van der Waals surface area (Å²) in [5.41, 5.74) is 9.33. The van der Waals surface area contributed by atoms with Gasteiger partial charge in [-0.25, -0.2) is 0 Å². The van der Waals surface area contributed by atoms with Gasteiger partial charge in [-0.1, -0.05) is 22.9 Å². The fourth-order valence-corrected chi connectivity index (χ4v) is 4.82. The van der Waals surface area contributed by atoms with Gasteiger partial charge in [-0.15, -0.1) is 0 Å². The van der Waals surface area contributed by atoms with Crippen molar-refractivity contribution in [3.63, 3.8) is 0 Å². The molecule has 0 aromatic heterocycles. The fourth-order valence-electron chi connectivity index (χ4n) is 3.85. The van der Waals surface area contributed by atoms with Gasteiger partial charge in [0.15, 0.2) is 0 Å². The Balaban J connectivity index is 2.37. The first kappa shape index (κ1) is 24.0. The van der Waals surface area contributed by atoms with E-state index in [2.05, 4.69) is 118 Å². The highest BCUT2D eigenvalue weighted by Crippen LogP contribution is 2.41. The molecule has 0 fully saturated rings. The van der Waals surface area contributed by atoms with Crippen molar-refractivity contribution in [2.45, 2.75) is 0 Å². The molecule has 0 saturated heterocycles. The molecule has 0 aliphatic rings. The molecule has 0 heterocycles. The number of nitrogens with zero attached hydrogens (tertiary/aromatic N) is 4. The predicted octanol–water partition coefficient (Wildman–Crippen LogP) is 3.93. The molecular weight excluding hydrogens is 432 g/mol. The average Bonchev–Trinajstić information content (AvgIpc) is 2.74. The van der Waals surface area contributed by atoms with Crippen LogP contribution in [0.15, 0.2) is 48.5 Å². The number of anilines is 4. The molecule has 0 aliphatic heterocycles. The summed E-state index contributed by atoms with van der Waals surface area (Å²) in [6.07, 6.45) is 0. The molecule has 0 saturated carbocycles. The van der Waals surface area contributed by atoms with E-state index in [0.717, 1.165) is 37.8 Å². The van der Waals surface area contributed by atoms with E-state index in [9.17, 15) is 0 Å². The van der Waals surface area contributed by atoms with Crippen molar-refractivity contribution in [1.29, 1.82) is 0 Å². The molecule has 0 spiro atoms. The second kappa shape index (κ2) is 9.47. The smallest absolute Gasteiger partial charge is 0.0490 e. The maximum absolute atomic E-state index is 6.92. The van der Waals surface area contributed by atoms with Crippen LogP contribution in [0.4, 0.5) is 22.7 Å². The summed E-state index contributed by atoms with van der Waals surface area (Å²) >= 11 is 6.92. The molecule has 32 heavy (non-hydrogen) atoms. The molecule has 0 unspecified atom stereocenters. The third kappa shape index (κ3) is 4.89. The van der Waals surface area contributed by atoms with Crippen molar-refractivity contribution in [1.82, 2.24) is 0 Å². The Bertz CT molecular complexity index is 982. The zero-order valence-corrected chi connectivity index (χ0v) is 23.5. The lowest BCUT2D eigenvalue weighted by Gasteiger charge is -2.24. The van der Waals surface area contributed by atoms with Gasteiger partial charge < -0.3 is 19.6 Å². The molecule has 0 aliphatic carbocycles. The maximum Gasteiger partial charge on any atom is 0.0490 e. The van der Waals surface area contributed by atoms with Crippen molar-refractivity contribution in [3.8, 4) is 22.3 Å². The summed E-state index contributed by atoms with van der Waals surface area (Å²) in [6.45, 7) is 0. The lowest BCUT2D eigenvalue weighted by molar-refractivity contribution is 1.10. The van der Waals surface area contributed by atoms with E-state index >= 15 is 0 Å². The first-order valence-electron chi connectivity index (χ1n) is 10.8. The normalized spacial score (nSPS) is 10.9. The molecule has 4 nitrogen and oxygen atoms in total. The average molecular weight is 467 g/mol. The zero-order valence-electron chi connectivity index (χ0n) is 20.8. The molecule has 3 aromatic carbocycles. The summed E-state index contributed by atoms with van der Waals surface area (Å²) in [5, 5.41) is 2.12. The molecule has 0 amide bonds. The van der Waals surface area contributed by atoms with Crippen LogP contribution >= 0.6 is 11.6 Å². The topological polar surface area (TPSA) is 13.0 Å². The summed E-state index contributed by atoms with van der Waals surface area (Å²) in [7, 11) is 17.6. The van der Waals surface area contributed by atoms with Gasteiger partial charge in [0.05, 0.1) is 0 Å². The monoisotopic (exact) mass is 466 g/mol. The number of benzene rings is 3. The van der Waals surface area contributed by atoms with Gasteiger partial charge in [-0.05, 0) is 59.2 Å². The Kier molecular flexibility index (Phi) is 7.11. The van der Waals surface area contributed by atoms with Crippen molar-refractivity contribution in [2.24, 2.45) is 0 Å².